The number of nitrogens with one attached hydrogen (secondary N) is 1. The van der Waals surface area contributed by atoms with Gasteiger partial charge in [0.05, 0.1) is 5.41 Å². The normalized spacial score (nSPS) is 17.0. The minimum atomic E-state index is -0.225. The Morgan fingerprint density at radius 3 is 2.62 bits per heavy atom. The van der Waals surface area contributed by atoms with Crippen molar-refractivity contribution in [3.63, 3.8) is 0 Å². The first kappa shape index (κ1) is 14.3. The van der Waals surface area contributed by atoms with E-state index in [2.05, 4.69) is 41.4 Å². The van der Waals surface area contributed by atoms with Gasteiger partial charge in [0.25, 0.3) is 0 Å². The van der Waals surface area contributed by atoms with Gasteiger partial charge in [0.1, 0.15) is 0 Å². The Balaban J connectivity index is 1.74. The zero-order valence-electron chi connectivity index (χ0n) is 12.8. The molecule has 112 valence electrons. The van der Waals surface area contributed by atoms with E-state index in [9.17, 15) is 0 Å². The summed E-state index contributed by atoms with van der Waals surface area (Å²) in [6.07, 6.45) is 3.29. The molecule has 0 aliphatic carbocycles. The fourth-order valence-electron chi connectivity index (χ4n) is 2.91. The molecule has 0 bridgehead atoms. The van der Waals surface area contributed by atoms with Crippen molar-refractivity contribution in [2.45, 2.75) is 38.5 Å². The highest BCUT2D eigenvalue weighted by Gasteiger charge is 2.29. The van der Waals surface area contributed by atoms with Gasteiger partial charge in [-0.05, 0) is 51.3 Å². The Morgan fingerprint density at radius 2 is 1.90 bits per heavy atom. The minimum absolute atomic E-state index is 0.225. The van der Waals surface area contributed by atoms with Crippen LogP contribution in [0.1, 0.15) is 44.0 Å². The van der Waals surface area contributed by atoms with Gasteiger partial charge in [-0.25, -0.2) is 0 Å². The first-order valence-electron chi connectivity index (χ1n) is 7.75. The molecule has 0 amide bonds. The lowest BCUT2D eigenvalue weighted by atomic mass is 9.84. The lowest BCUT2D eigenvalue weighted by Crippen LogP contribution is -2.28. The Kier molecular flexibility index (Phi) is 4.06. The van der Waals surface area contributed by atoms with Crippen LogP contribution in [0.5, 0.6) is 0 Å². The number of aromatic nitrogens is 2. The predicted molar refractivity (Wildman–Crippen MR) is 82.2 cm³/mol. The van der Waals surface area contributed by atoms with Crippen LogP contribution in [-0.2, 0) is 11.8 Å². The summed E-state index contributed by atoms with van der Waals surface area (Å²) in [6, 6.07) is 10.4. The molecule has 0 radical (unpaired) electrons. The maximum atomic E-state index is 5.49. The van der Waals surface area contributed by atoms with E-state index in [0.29, 0.717) is 5.92 Å². The molecule has 0 atom stereocenters. The van der Waals surface area contributed by atoms with Crippen molar-refractivity contribution in [1.29, 1.82) is 0 Å². The Hall–Kier alpha value is -1.68. The maximum absolute atomic E-state index is 5.49. The van der Waals surface area contributed by atoms with Crippen molar-refractivity contribution in [1.82, 2.24) is 15.5 Å². The summed E-state index contributed by atoms with van der Waals surface area (Å²) in [5.74, 6) is 2.22. The summed E-state index contributed by atoms with van der Waals surface area (Å²) in [5.41, 5.74) is 0.983. The molecule has 1 aromatic carbocycles. The van der Waals surface area contributed by atoms with E-state index >= 15 is 0 Å². The molecule has 2 aromatic rings. The van der Waals surface area contributed by atoms with Gasteiger partial charge in [0.2, 0.25) is 5.89 Å². The van der Waals surface area contributed by atoms with Crippen LogP contribution in [0.4, 0.5) is 0 Å². The largest absolute Gasteiger partial charge is 0.339 e. The quantitative estimate of drug-likeness (QED) is 0.938. The summed E-state index contributed by atoms with van der Waals surface area (Å²) < 4.78 is 5.49. The third-order valence-corrected chi connectivity index (χ3v) is 4.44. The average Bonchev–Trinajstić information content (AvgIpc) is 2.98. The highest BCUT2D eigenvalue weighted by Crippen LogP contribution is 2.29. The third kappa shape index (κ3) is 3.16. The second-order valence-corrected chi connectivity index (χ2v) is 6.40. The monoisotopic (exact) mass is 285 g/mol. The zero-order valence-corrected chi connectivity index (χ0v) is 12.8. The Bertz CT molecular complexity index is 571. The lowest BCUT2D eigenvalue weighted by Gasteiger charge is -2.21. The first-order valence-corrected chi connectivity index (χ1v) is 7.75. The van der Waals surface area contributed by atoms with Crippen molar-refractivity contribution in [3.8, 4) is 0 Å². The lowest BCUT2D eigenvalue weighted by molar-refractivity contribution is 0.310. The highest BCUT2D eigenvalue weighted by atomic mass is 16.5. The van der Waals surface area contributed by atoms with Crippen molar-refractivity contribution in [3.05, 3.63) is 47.6 Å². The standard InChI is InChI=1S/C17H23N3O/c1-17(2,14-6-4-3-5-7-14)16-19-15(21-20-16)12-13-8-10-18-11-9-13/h3-7,13,18H,8-12H2,1-2H3. The van der Waals surface area contributed by atoms with Crippen molar-refractivity contribution >= 4 is 0 Å². The topological polar surface area (TPSA) is 51.0 Å². The Morgan fingerprint density at radius 1 is 1.19 bits per heavy atom. The van der Waals surface area contributed by atoms with E-state index < -0.39 is 0 Å². The fourth-order valence-corrected chi connectivity index (χ4v) is 2.91. The van der Waals surface area contributed by atoms with Crippen LogP contribution in [-0.4, -0.2) is 23.2 Å². The second kappa shape index (κ2) is 5.98. The van der Waals surface area contributed by atoms with E-state index in [-0.39, 0.29) is 5.41 Å². The summed E-state index contributed by atoms with van der Waals surface area (Å²) in [6.45, 7) is 6.48. The van der Waals surface area contributed by atoms with Crippen LogP contribution in [0, 0.1) is 5.92 Å². The molecule has 4 nitrogen and oxygen atoms in total. The molecule has 1 fully saturated rings. The molecular weight excluding hydrogens is 262 g/mol. The molecule has 1 aliphatic heterocycles. The van der Waals surface area contributed by atoms with E-state index in [1.165, 1.54) is 18.4 Å². The maximum Gasteiger partial charge on any atom is 0.226 e. The van der Waals surface area contributed by atoms with Crippen LogP contribution < -0.4 is 5.32 Å². The van der Waals surface area contributed by atoms with Crippen molar-refractivity contribution < 1.29 is 4.52 Å². The number of benzene rings is 1. The van der Waals surface area contributed by atoms with E-state index in [4.69, 9.17) is 4.52 Å². The molecule has 1 N–H and O–H groups in total. The van der Waals surface area contributed by atoms with Crippen molar-refractivity contribution in [2.75, 3.05) is 13.1 Å². The second-order valence-electron chi connectivity index (χ2n) is 6.40. The molecule has 0 spiro atoms. The van der Waals surface area contributed by atoms with Gasteiger partial charge in [-0.3, -0.25) is 0 Å². The van der Waals surface area contributed by atoms with Gasteiger partial charge in [0.15, 0.2) is 5.82 Å². The van der Waals surface area contributed by atoms with Crippen LogP contribution in [0.3, 0.4) is 0 Å². The number of hydrogen-bond acceptors (Lipinski definition) is 4. The molecule has 4 heteroatoms. The van der Waals surface area contributed by atoms with Gasteiger partial charge < -0.3 is 9.84 Å². The average molecular weight is 285 g/mol. The van der Waals surface area contributed by atoms with Crippen molar-refractivity contribution in [2.24, 2.45) is 5.92 Å². The van der Waals surface area contributed by atoms with Crippen LogP contribution in [0.2, 0.25) is 0 Å². The van der Waals surface area contributed by atoms with Gasteiger partial charge in [-0.15, -0.1) is 0 Å². The Labute approximate surface area is 126 Å². The van der Waals surface area contributed by atoms with Crippen LogP contribution in [0.25, 0.3) is 0 Å². The zero-order chi connectivity index (χ0) is 14.7. The molecule has 1 aromatic heterocycles. The van der Waals surface area contributed by atoms with E-state index in [1.54, 1.807) is 0 Å². The minimum Gasteiger partial charge on any atom is -0.339 e. The molecule has 3 rings (SSSR count). The van der Waals surface area contributed by atoms with Crippen LogP contribution >= 0.6 is 0 Å². The summed E-state index contributed by atoms with van der Waals surface area (Å²) in [5, 5.41) is 7.61. The molecule has 2 heterocycles. The molecular formula is C17H23N3O. The number of nitrogens with zero attached hydrogens (tertiary/aromatic N) is 2. The smallest absolute Gasteiger partial charge is 0.226 e. The molecule has 1 aliphatic rings. The number of rotatable bonds is 4. The van der Waals surface area contributed by atoms with E-state index in [1.807, 2.05) is 18.2 Å². The van der Waals surface area contributed by atoms with Gasteiger partial charge >= 0.3 is 0 Å². The van der Waals surface area contributed by atoms with Gasteiger partial charge in [-0.2, -0.15) is 4.98 Å². The first-order chi connectivity index (χ1) is 10.2. The van der Waals surface area contributed by atoms with Gasteiger partial charge in [-0.1, -0.05) is 35.5 Å². The van der Waals surface area contributed by atoms with Gasteiger partial charge in [0, 0.05) is 6.42 Å². The molecule has 1 saturated heterocycles. The number of hydrogen-bond donors (Lipinski definition) is 1. The summed E-state index contributed by atoms with van der Waals surface area (Å²) >= 11 is 0. The molecule has 0 saturated carbocycles. The fraction of sp³-hybridized carbons (Fsp3) is 0.529. The molecule has 21 heavy (non-hydrogen) atoms. The van der Waals surface area contributed by atoms with E-state index in [0.717, 1.165) is 31.2 Å². The predicted octanol–water partition coefficient (Wildman–Crippen LogP) is 2.94. The van der Waals surface area contributed by atoms with Crippen LogP contribution in [0.15, 0.2) is 34.9 Å². The highest BCUT2D eigenvalue weighted by molar-refractivity contribution is 5.30. The SMILES string of the molecule is CC(C)(c1ccccc1)c1noc(CC2CCNCC2)n1. The summed E-state index contributed by atoms with van der Waals surface area (Å²) in [4.78, 5) is 4.65. The number of piperidine rings is 1. The third-order valence-electron chi connectivity index (χ3n) is 4.44. The molecule has 0 unspecified atom stereocenters. The summed E-state index contributed by atoms with van der Waals surface area (Å²) in [7, 11) is 0.